The Bertz CT molecular complexity index is 1150. The SMILES string of the molecule is O=C(c1cc(-c2ccco2)n(-c2cccc(Cl)c2)n1)N1CCCC(c2nccs2)C1. The van der Waals surface area contributed by atoms with E-state index in [1.807, 2.05) is 46.8 Å². The average molecular weight is 439 g/mol. The van der Waals surface area contributed by atoms with E-state index in [0.29, 0.717) is 28.7 Å². The molecule has 5 rings (SSSR count). The van der Waals surface area contributed by atoms with E-state index in [9.17, 15) is 4.79 Å². The molecular weight excluding hydrogens is 420 g/mol. The van der Waals surface area contributed by atoms with Crippen LogP contribution in [0.15, 0.2) is 64.7 Å². The van der Waals surface area contributed by atoms with Gasteiger partial charge in [0.05, 0.1) is 17.0 Å². The minimum Gasteiger partial charge on any atom is -0.463 e. The zero-order chi connectivity index (χ0) is 20.5. The number of hydrogen-bond donors (Lipinski definition) is 0. The zero-order valence-electron chi connectivity index (χ0n) is 16.1. The highest BCUT2D eigenvalue weighted by Crippen LogP contribution is 2.30. The Balaban J connectivity index is 1.48. The van der Waals surface area contributed by atoms with Gasteiger partial charge in [0.2, 0.25) is 0 Å². The molecule has 0 N–H and O–H groups in total. The number of benzene rings is 1. The second-order valence-electron chi connectivity index (χ2n) is 7.24. The lowest BCUT2D eigenvalue weighted by Crippen LogP contribution is -2.39. The molecule has 8 heteroatoms. The number of likely N-dealkylation sites (tertiary alicyclic amines) is 1. The Kier molecular flexibility index (Phi) is 5.14. The standard InChI is InChI=1S/C22H19ClN4O2S/c23-16-5-1-6-17(12-16)27-19(20-7-3-10-29-20)13-18(25-27)22(28)26-9-2-4-15(14-26)21-24-8-11-30-21/h1,3,5-8,10-13,15H,2,4,9,14H2. The summed E-state index contributed by atoms with van der Waals surface area (Å²) in [6.07, 6.45) is 5.43. The van der Waals surface area contributed by atoms with Crippen molar-refractivity contribution in [2.24, 2.45) is 0 Å². The third-order valence-corrected chi connectivity index (χ3v) is 6.44. The van der Waals surface area contributed by atoms with Crippen molar-refractivity contribution >= 4 is 28.8 Å². The molecule has 4 aromatic rings. The average Bonchev–Trinajstić information content (AvgIpc) is 3.54. The first-order valence-corrected chi connectivity index (χ1v) is 11.0. The van der Waals surface area contributed by atoms with Crippen molar-refractivity contribution in [1.82, 2.24) is 19.7 Å². The van der Waals surface area contributed by atoms with Gasteiger partial charge in [0, 0.05) is 41.7 Å². The summed E-state index contributed by atoms with van der Waals surface area (Å²) in [6, 6.07) is 12.8. The molecule has 1 amide bonds. The van der Waals surface area contributed by atoms with Crippen molar-refractivity contribution in [3.05, 3.63) is 76.0 Å². The van der Waals surface area contributed by atoms with Crippen LogP contribution in [0, 0.1) is 0 Å². The number of amides is 1. The molecule has 152 valence electrons. The number of aromatic nitrogens is 3. The molecule has 0 radical (unpaired) electrons. The normalized spacial score (nSPS) is 16.7. The lowest BCUT2D eigenvalue weighted by atomic mass is 9.98. The molecule has 1 atom stereocenters. The molecule has 1 aliphatic rings. The maximum Gasteiger partial charge on any atom is 0.274 e. The largest absolute Gasteiger partial charge is 0.463 e. The summed E-state index contributed by atoms with van der Waals surface area (Å²) >= 11 is 7.83. The summed E-state index contributed by atoms with van der Waals surface area (Å²) in [6.45, 7) is 1.38. The first-order chi connectivity index (χ1) is 14.7. The van der Waals surface area contributed by atoms with E-state index in [-0.39, 0.29) is 11.8 Å². The Labute approximate surface area is 182 Å². The van der Waals surface area contributed by atoms with Crippen LogP contribution in [-0.4, -0.2) is 38.7 Å². The van der Waals surface area contributed by atoms with E-state index in [0.717, 1.165) is 30.1 Å². The molecule has 1 fully saturated rings. The van der Waals surface area contributed by atoms with E-state index >= 15 is 0 Å². The maximum absolute atomic E-state index is 13.3. The Morgan fingerprint density at radius 1 is 1.23 bits per heavy atom. The van der Waals surface area contributed by atoms with Gasteiger partial charge in [0.15, 0.2) is 11.5 Å². The smallest absolute Gasteiger partial charge is 0.274 e. The number of piperidine rings is 1. The van der Waals surface area contributed by atoms with Crippen LogP contribution in [0.25, 0.3) is 17.1 Å². The van der Waals surface area contributed by atoms with Gasteiger partial charge in [-0.2, -0.15) is 5.10 Å². The quantitative estimate of drug-likeness (QED) is 0.436. The first kappa shape index (κ1) is 19.1. The summed E-state index contributed by atoms with van der Waals surface area (Å²) in [4.78, 5) is 19.6. The molecule has 1 aliphatic heterocycles. The van der Waals surface area contributed by atoms with Crippen molar-refractivity contribution in [2.45, 2.75) is 18.8 Å². The van der Waals surface area contributed by atoms with Gasteiger partial charge in [0.25, 0.3) is 5.91 Å². The van der Waals surface area contributed by atoms with Crippen LogP contribution in [0.1, 0.15) is 34.3 Å². The molecule has 0 bridgehead atoms. The van der Waals surface area contributed by atoms with E-state index < -0.39 is 0 Å². The molecular formula is C22H19ClN4O2S. The van der Waals surface area contributed by atoms with Gasteiger partial charge < -0.3 is 9.32 Å². The van der Waals surface area contributed by atoms with Gasteiger partial charge in [-0.3, -0.25) is 4.79 Å². The molecule has 6 nitrogen and oxygen atoms in total. The summed E-state index contributed by atoms with van der Waals surface area (Å²) in [7, 11) is 0. The third kappa shape index (κ3) is 3.66. The predicted octanol–water partition coefficient (Wildman–Crippen LogP) is 5.26. The molecule has 30 heavy (non-hydrogen) atoms. The van der Waals surface area contributed by atoms with Gasteiger partial charge in [0.1, 0.15) is 5.69 Å². The molecule has 0 aliphatic carbocycles. The number of rotatable bonds is 4. The van der Waals surface area contributed by atoms with Gasteiger partial charge in [-0.05, 0) is 43.2 Å². The Morgan fingerprint density at radius 2 is 2.17 bits per heavy atom. The van der Waals surface area contributed by atoms with Crippen LogP contribution in [0.3, 0.4) is 0 Å². The van der Waals surface area contributed by atoms with E-state index in [2.05, 4.69) is 10.1 Å². The molecule has 0 spiro atoms. The number of hydrogen-bond acceptors (Lipinski definition) is 5. The number of carbonyl (C=O) groups excluding carboxylic acids is 1. The van der Waals surface area contributed by atoms with Crippen molar-refractivity contribution < 1.29 is 9.21 Å². The summed E-state index contributed by atoms with van der Waals surface area (Å²) in [5.74, 6) is 0.841. The molecule has 3 aromatic heterocycles. The van der Waals surface area contributed by atoms with Crippen LogP contribution in [0.4, 0.5) is 0 Å². The van der Waals surface area contributed by atoms with Gasteiger partial charge in [-0.1, -0.05) is 17.7 Å². The van der Waals surface area contributed by atoms with Crippen LogP contribution >= 0.6 is 22.9 Å². The second-order valence-corrected chi connectivity index (χ2v) is 8.61. The van der Waals surface area contributed by atoms with Crippen molar-refractivity contribution in [3.8, 4) is 17.1 Å². The predicted molar refractivity (Wildman–Crippen MR) is 116 cm³/mol. The summed E-state index contributed by atoms with van der Waals surface area (Å²) < 4.78 is 7.30. The number of carbonyl (C=O) groups is 1. The molecule has 1 aromatic carbocycles. The van der Waals surface area contributed by atoms with Crippen LogP contribution in [0.5, 0.6) is 0 Å². The van der Waals surface area contributed by atoms with E-state index in [1.165, 1.54) is 0 Å². The zero-order valence-corrected chi connectivity index (χ0v) is 17.6. The lowest BCUT2D eigenvalue weighted by molar-refractivity contribution is 0.0700. The second kappa shape index (κ2) is 8.08. The highest BCUT2D eigenvalue weighted by Gasteiger charge is 2.29. The van der Waals surface area contributed by atoms with Gasteiger partial charge in [-0.25, -0.2) is 9.67 Å². The van der Waals surface area contributed by atoms with E-state index in [1.54, 1.807) is 34.4 Å². The van der Waals surface area contributed by atoms with Crippen LogP contribution < -0.4 is 0 Å². The Morgan fingerprint density at radius 3 is 2.93 bits per heavy atom. The fourth-order valence-electron chi connectivity index (χ4n) is 3.85. The topological polar surface area (TPSA) is 64.2 Å². The number of thiazole rings is 1. The highest BCUT2D eigenvalue weighted by atomic mass is 35.5. The van der Waals surface area contributed by atoms with Crippen LogP contribution in [-0.2, 0) is 0 Å². The van der Waals surface area contributed by atoms with Crippen LogP contribution in [0.2, 0.25) is 5.02 Å². The van der Waals surface area contributed by atoms with Crippen molar-refractivity contribution in [1.29, 1.82) is 0 Å². The molecule has 1 unspecified atom stereocenters. The summed E-state index contributed by atoms with van der Waals surface area (Å²) in [5.41, 5.74) is 1.87. The van der Waals surface area contributed by atoms with Crippen molar-refractivity contribution in [2.75, 3.05) is 13.1 Å². The number of furan rings is 1. The molecule has 0 saturated carbocycles. The lowest BCUT2D eigenvalue weighted by Gasteiger charge is -2.31. The maximum atomic E-state index is 13.3. The summed E-state index contributed by atoms with van der Waals surface area (Å²) in [5, 5.41) is 8.31. The van der Waals surface area contributed by atoms with Gasteiger partial charge in [-0.15, -0.1) is 11.3 Å². The van der Waals surface area contributed by atoms with Gasteiger partial charge >= 0.3 is 0 Å². The first-order valence-electron chi connectivity index (χ1n) is 9.77. The highest BCUT2D eigenvalue weighted by molar-refractivity contribution is 7.09. The fraction of sp³-hybridized carbons (Fsp3) is 0.227. The minimum atomic E-state index is -0.0789. The molecule has 4 heterocycles. The minimum absolute atomic E-state index is 0.0789. The molecule has 1 saturated heterocycles. The van der Waals surface area contributed by atoms with E-state index in [4.69, 9.17) is 16.0 Å². The Hall–Kier alpha value is -2.90. The number of halogens is 1. The third-order valence-electron chi connectivity index (χ3n) is 5.26. The fourth-order valence-corrected chi connectivity index (χ4v) is 4.80. The number of nitrogens with zero attached hydrogens (tertiary/aromatic N) is 4. The van der Waals surface area contributed by atoms with Crippen molar-refractivity contribution in [3.63, 3.8) is 0 Å². The monoisotopic (exact) mass is 438 g/mol.